The van der Waals surface area contributed by atoms with Crippen LogP contribution in [0.15, 0.2) is 24.3 Å². The molecule has 4 nitrogen and oxygen atoms in total. The van der Waals surface area contributed by atoms with Gasteiger partial charge in [-0.3, -0.25) is 0 Å². The molecular weight excluding hydrogens is 262 g/mol. The van der Waals surface area contributed by atoms with Crippen molar-refractivity contribution in [3.8, 4) is 5.75 Å². The highest BCUT2D eigenvalue weighted by Crippen LogP contribution is 2.27. The Morgan fingerprint density at radius 3 is 2.79 bits per heavy atom. The lowest BCUT2D eigenvalue weighted by Gasteiger charge is -2.27. The van der Waals surface area contributed by atoms with Gasteiger partial charge in [-0.05, 0) is 43.0 Å². The van der Waals surface area contributed by atoms with E-state index in [0.29, 0.717) is 5.92 Å². The molecule has 104 valence electrons. The van der Waals surface area contributed by atoms with Gasteiger partial charge in [0.25, 0.3) is 0 Å². The van der Waals surface area contributed by atoms with Crippen molar-refractivity contribution in [3.63, 3.8) is 0 Å². The first-order chi connectivity index (χ1) is 9.12. The smallest absolute Gasteiger partial charge is 0.157 e. The van der Waals surface area contributed by atoms with E-state index in [1.807, 2.05) is 12.1 Å². The fourth-order valence-electron chi connectivity index (χ4n) is 2.76. The fourth-order valence-corrected chi connectivity index (χ4v) is 3.93. The van der Waals surface area contributed by atoms with Crippen LogP contribution in [0.4, 0.5) is 0 Å². The van der Waals surface area contributed by atoms with Gasteiger partial charge >= 0.3 is 0 Å². The summed E-state index contributed by atoms with van der Waals surface area (Å²) in [5.74, 6) is 1.65. The molecular formula is C14H19NO3S. The summed E-state index contributed by atoms with van der Waals surface area (Å²) in [5.41, 5.74) is 1.28. The number of ether oxygens (including phenoxy) is 1. The Morgan fingerprint density at radius 2 is 2.11 bits per heavy atom. The van der Waals surface area contributed by atoms with E-state index in [2.05, 4.69) is 17.4 Å². The molecule has 2 saturated heterocycles. The van der Waals surface area contributed by atoms with Crippen LogP contribution < -0.4 is 10.1 Å². The standard InChI is InChI=1S/C14H19NO3S/c16-19(17)9-14(10-19)18-13-5-1-3-11(7-13)12-4-2-6-15-8-12/h1,3,5,7,12,14-15H,2,4,6,8-10H2. The Hall–Kier alpha value is -1.07. The molecule has 1 N–H and O–H groups in total. The normalized spacial score (nSPS) is 26.6. The highest BCUT2D eigenvalue weighted by atomic mass is 32.2. The van der Waals surface area contributed by atoms with E-state index in [-0.39, 0.29) is 17.6 Å². The number of sulfone groups is 1. The lowest BCUT2D eigenvalue weighted by molar-refractivity contribution is 0.230. The molecule has 2 aliphatic heterocycles. The number of piperidine rings is 1. The molecule has 2 aliphatic rings. The topological polar surface area (TPSA) is 55.4 Å². The summed E-state index contributed by atoms with van der Waals surface area (Å²) >= 11 is 0. The summed E-state index contributed by atoms with van der Waals surface area (Å²) in [5, 5.41) is 3.41. The van der Waals surface area contributed by atoms with Gasteiger partial charge in [0, 0.05) is 6.54 Å². The summed E-state index contributed by atoms with van der Waals surface area (Å²) in [6.07, 6.45) is 2.25. The van der Waals surface area contributed by atoms with E-state index in [1.54, 1.807) is 0 Å². The highest BCUT2D eigenvalue weighted by Gasteiger charge is 2.35. The van der Waals surface area contributed by atoms with Gasteiger partial charge < -0.3 is 10.1 Å². The van der Waals surface area contributed by atoms with Crippen LogP contribution in [0, 0.1) is 0 Å². The Kier molecular flexibility index (Phi) is 3.50. The first kappa shape index (κ1) is 12.9. The molecule has 0 aromatic heterocycles. The third kappa shape index (κ3) is 3.09. The molecule has 0 aliphatic carbocycles. The van der Waals surface area contributed by atoms with Gasteiger partial charge in [-0.1, -0.05) is 12.1 Å². The lowest BCUT2D eigenvalue weighted by atomic mass is 9.92. The predicted molar refractivity (Wildman–Crippen MR) is 74.4 cm³/mol. The molecule has 0 spiro atoms. The van der Waals surface area contributed by atoms with Crippen LogP contribution in [0.25, 0.3) is 0 Å². The summed E-state index contributed by atoms with van der Waals surface area (Å²) in [4.78, 5) is 0. The van der Waals surface area contributed by atoms with Crippen molar-refractivity contribution >= 4 is 9.84 Å². The first-order valence-corrected chi connectivity index (χ1v) is 8.62. The van der Waals surface area contributed by atoms with E-state index >= 15 is 0 Å². The molecule has 1 atom stereocenters. The molecule has 19 heavy (non-hydrogen) atoms. The molecule has 1 aromatic rings. The maximum atomic E-state index is 11.1. The van der Waals surface area contributed by atoms with Gasteiger partial charge in [-0.25, -0.2) is 8.42 Å². The third-order valence-corrected chi connectivity index (χ3v) is 5.57. The highest BCUT2D eigenvalue weighted by molar-refractivity contribution is 7.92. The predicted octanol–water partition coefficient (Wildman–Crippen LogP) is 1.33. The number of hydrogen-bond donors (Lipinski definition) is 1. The van der Waals surface area contributed by atoms with Crippen LogP contribution in [-0.4, -0.2) is 39.1 Å². The van der Waals surface area contributed by atoms with Crippen LogP contribution >= 0.6 is 0 Å². The van der Waals surface area contributed by atoms with E-state index in [9.17, 15) is 8.42 Å². The zero-order valence-corrected chi connectivity index (χ0v) is 11.7. The van der Waals surface area contributed by atoms with E-state index < -0.39 is 9.84 Å². The zero-order chi connectivity index (χ0) is 13.3. The average Bonchev–Trinajstić information content (AvgIpc) is 2.38. The molecule has 3 rings (SSSR count). The van der Waals surface area contributed by atoms with Gasteiger partial charge in [0.1, 0.15) is 11.9 Å². The minimum absolute atomic E-state index is 0.155. The molecule has 0 bridgehead atoms. The van der Waals surface area contributed by atoms with Crippen molar-refractivity contribution in [1.82, 2.24) is 5.32 Å². The van der Waals surface area contributed by atoms with Gasteiger partial charge in [0.15, 0.2) is 9.84 Å². The number of hydrogen-bond acceptors (Lipinski definition) is 4. The second kappa shape index (κ2) is 5.13. The Morgan fingerprint density at radius 1 is 1.26 bits per heavy atom. The molecule has 1 unspecified atom stereocenters. The Bertz CT molecular complexity index is 538. The summed E-state index contributed by atoms with van der Waals surface area (Å²) in [6.45, 7) is 2.12. The van der Waals surface area contributed by atoms with Crippen LogP contribution in [-0.2, 0) is 9.84 Å². The second-order valence-corrected chi connectivity index (χ2v) is 7.59. The molecule has 5 heteroatoms. The maximum absolute atomic E-state index is 11.1. The monoisotopic (exact) mass is 281 g/mol. The maximum Gasteiger partial charge on any atom is 0.157 e. The number of rotatable bonds is 3. The van der Waals surface area contributed by atoms with Crippen molar-refractivity contribution < 1.29 is 13.2 Å². The lowest BCUT2D eigenvalue weighted by Crippen LogP contribution is -2.45. The SMILES string of the molecule is O=S1(=O)CC(Oc2cccc(C3CCCNC3)c2)C1. The molecule has 0 amide bonds. The van der Waals surface area contributed by atoms with Crippen molar-refractivity contribution in [1.29, 1.82) is 0 Å². The minimum atomic E-state index is -2.82. The van der Waals surface area contributed by atoms with Crippen molar-refractivity contribution in [2.24, 2.45) is 0 Å². The van der Waals surface area contributed by atoms with Crippen molar-refractivity contribution in [2.75, 3.05) is 24.6 Å². The molecule has 2 fully saturated rings. The third-order valence-electron chi connectivity index (χ3n) is 3.81. The van der Waals surface area contributed by atoms with Crippen LogP contribution in [0.1, 0.15) is 24.3 Å². The van der Waals surface area contributed by atoms with Crippen LogP contribution in [0.3, 0.4) is 0 Å². The van der Waals surface area contributed by atoms with Crippen molar-refractivity contribution in [3.05, 3.63) is 29.8 Å². The summed E-state index contributed by atoms with van der Waals surface area (Å²) in [6, 6.07) is 8.09. The minimum Gasteiger partial charge on any atom is -0.488 e. The van der Waals surface area contributed by atoms with Gasteiger partial charge in [0.05, 0.1) is 11.5 Å². The van der Waals surface area contributed by atoms with E-state index in [1.165, 1.54) is 18.4 Å². The van der Waals surface area contributed by atoms with Crippen LogP contribution in [0.5, 0.6) is 5.75 Å². The molecule has 0 saturated carbocycles. The fraction of sp³-hybridized carbons (Fsp3) is 0.571. The van der Waals surface area contributed by atoms with E-state index in [4.69, 9.17) is 4.74 Å². The first-order valence-electron chi connectivity index (χ1n) is 6.80. The quantitative estimate of drug-likeness (QED) is 0.908. The molecule has 0 radical (unpaired) electrons. The van der Waals surface area contributed by atoms with Gasteiger partial charge in [0.2, 0.25) is 0 Å². The van der Waals surface area contributed by atoms with Gasteiger partial charge in [-0.15, -0.1) is 0 Å². The number of benzene rings is 1. The van der Waals surface area contributed by atoms with Gasteiger partial charge in [-0.2, -0.15) is 0 Å². The summed E-state index contributed by atoms with van der Waals surface area (Å²) in [7, 11) is -2.82. The number of nitrogens with one attached hydrogen (secondary N) is 1. The van der Waals surface area contributed by atoms with E-state index in [0.717, 1.165) is 18.8 Å². The summed E-state index contributed by atoms with van der Waals surface area (Å²) < 4.78 is 27.9. The Balaban J connectivity index is 1.66. The molecule has 2 heterocycles. The molecule has 1 aromatic carbocycles. The Labute approximate surface area is 114 Å². The largest absolute Gasteiger partial charge is 0.488 e. The van der Waals surface area contributed by atoms with Crippen LogP contribution in [0.2, 0.25) is 0 Å². The zero-order valence-electron chi connectivity index (χ0n) is 10.8. The van der Waals surface area contributed by atoms with Crippen molar-refractivity contribution in [2.45, 2.75) is 24.9 Å². The second-order valence-electron chi connectivity index (χ2n) is 5.43. The average molecular weight is 281 g/mol.